The van der Waals surface area contributed by atoms with E-state index in [9.17, 15) is 9.18 Å². The van der Waals surface area contributed by atoms with E-state index < -0.39 is 0 Å². The normalized spacial score (nSPS) is 10.8. The molecule has 0 aliphatic heterocycles. The first-order valence-corrected chi connectivity index (χ1v) is 6.29. The van der Waals surface area contributed by atoms with Gasteiger partial charge in [0.2, 0.25) is 0 Å². The molecule has 4 nitrogen and oxygen atoms in total. The van der Waals surface area contributed by atoms with Gasteiger partial charge in [0.1, 0.15) is 5.82 Å². The minimum absolute atomic E-state index is 0.196. The predicted molar refractivity (Wildman–Crippen MR) is 71.9 cm³/mol. The number of hydrogen-bond acceptors (Lipinski definition) is 4. The second-order valence-electron chi connectivity index (χ2n) is 4.53. The lowest BCUT2D eigenvalue weighted by Gasteiger charge is -2.18. The number of nitrogens with two attached hydrogens (primary N) is 1. The van der Waals surface area contributed by atoms with Crippen molar-refractivity contribution in [1.29, 1.82) is 0 Å². The van der Waals surface area contributed by atoms with Crippen molar-refractivity contribution in [3.8, 4) is 0 Å². The van der Waals surface area contributed by atoms with Crippen molar-refractivity contribution >= 4 is 5.97 Å². The molecule has 106 valence electrons. The average Bonchev–Trinajstić information content (AvgIpc) is 2.40. The predicted octanol–water partition coefficient (Wildman–Crippen LogP) is 1.67. The number of methoxy groups -OCH3 is 1. The van der Waals surface area contributed by atoms with Crippen molar-refractivity contribution in [1.82, 2.24) is 4.90 Å². The Morgan fingerprint density at radius 2 is 2.16 bits per heavy atom. The van der Waals surface area contributed by atoms with Crippen molar-refractivity contribution in [2.75, 3.05) is 20.7 Å². The van der Waals surface area contributed by atoms with Crippen LogP contribution in [0.25, 0.3) is 0 Å². The number of carbonyl (C=O) groups is 1. The molecule has 0 spiro atoms. The molecule has 0 radical (unpaired) electrons. The third kappa shape index (κ3) is 5.36. The molecule has 0 atom stereocenters. The number of benzene rings is 1. The van der Waals surface area contributed by atoms with Gasteiger partial charge in [0.15, 0.2) is 0 Å². The Balaban J connectivity index is 2.48. The zero-order chi connectivity index (χ0) is 14.3. The zero-order valence-electron chi connectivity index (χ0n) is 11.5. The van der Waals surface area contributed by atoms with Gasteiger partial charge in [-0.1, -0.05) is 6.07 Å². The molecule has 0 bridgehead atoms. The lowest BCUT2D eigenvalue weighted by molar-refractivity contribution is -0.140. The summed E-state index contributed by atoms with van der Waals surface area (Å²) >= 11 is 0. The fraction of sp³-hybridized carbons (Fsp3) is 0.500. The summed E-state index contributed by atoms with van der Waals surface area (Å²) in [5, 5.41) is 0. The summed E-state index contributed by atoms with van der Waals surface area (Å²) in [6.45, 7) is 1.79. The van der Waals surface area contributed by atoms with E-state index in [1.54, 1.807) is 6.07 Å². The van der Waals surface area contributed by atoms with Crippen molar-refractivity contribution < 1.29 is 13.9 Å². The second-order valence-corrected chi connectivity index (χ2v) is 4.53. The molecule has 2 N–H and O–H groups in total. The van der Waals surface area contributed by atoms with Crippen LogP contribution in [0.2, 0.25) is 0 Å². The van der Waals surface area contributed by atoms with Crippen molar-refractivity contribution in [3.63, 3.8) is 0 Å². The summed E-state index contributed by atoms with van der Waals surface area (Å²) in [7, 11) is 3.35. The Morgan fingerprint density at radius 3 is 2.79 bits per heavy atom. The van der Waals surface area contributed by atoms with Gasteiger partial charge in [-0.15, -0.1) is 0 Å². The molecular weight excluding hydrogens is 247 g/mol. The van der Waals surface area contributed by atoms with E-state index in [0.29, 0.717) is 19.5 Å². The molecule has 0 amide bonds. The van der Waals surface area contributed by atoms with Gasteiger partial charge < -0.3 is 15.4 Å². The number of ether oxygens (including phenoxy) is 1. The van der Waals surface area contributed by atoms with E-state index in [-0.39, 0.29) is 11.8 Å². The molecule has 1 aromatic carbocycles. The van der Waals surface area contributed by atoms with Crippen LogP contribution in [0.3, 0.4) is 0 Å². The van der Waals surface area contributed by atoms with Crippen molar-refractivity contribution in [3.05, 3.63) is 35.1 Å². The first-order chi connectivity index (χ1) is 9.06. The Kier molecular flexibility index (Phi) is 6.45. The summed E-state index contributed by atoms with van der Waals surface area (Å²) in [6.07, 6.45) is 1.15. The van der Waals surface area contributed by atoms with Crippen LogP contribution in [0, 0.1) is 5.82 Å². The minimum atomic E-state index is -0.266. The summed E-state index contributed by atoms with van der Waals surface area (Å²) in [4.78, 5) is 13.1. The maximum Gasteiger partial charge on any atom is 0.305 e. The molecule has 1 aromatic rings. The zero-order valence-corrected chi connectivity index (χ0v) is 11.5. The average molecular weight is 268 g/mol. The van der Waals surface area contributed by atoms with E-state index in [4.69, 9.17) is 5.73 Å². The molecule has 0 heterocycles. The van der Waals surface area contributed by atoms with Gasteiger partial charge in [0.05, 0.1) is 7.11 Å². The molecule has 0 fully saturated rings. The Bertz CT molecular complexity index is 424. The smallest absolute Gasteiger partial charge is 0.305 e. The van der Waals surface area contributed by atoms with Gasteiger partial charge in [0.25, 0.3) is 0 Å². The molecule has 0 saturated carbocycles. The van der Waals surface area contributed by atoms with Crippen LogP contribution >= 0.6 is 0 Å². The van der Waals surface area contributed by atoms with Gasteiger partial charge in [-0.25, -0.2) is 4.39 Å². The van der Waals surface area contributed by atoms with Crippen molar-refractivity contribution in [2.24, 2.45) is 5.73 Å². The quantitative estimate of drug-likeness (QED) is 0.764. The number of rotatable bonds is 7. The first kappa shape index (κ1) is 15.6. The van der Waals surface area contributed by atoms with Crippen LogP contribution in [0.4, 0.5) is 4.39 Å². The van der Waals surface area contributed by atoms with Gasteiger partial charge >= 0.3 is 5.97 Å². The Hall–Kier alpha value is -1.46. The summed E-state index contributed by atoms with van der Waals surface area (Å²) in [5.74, 6) is -0.463. The van der Waals surface area contributed by atoms with Crippen LogP contribution in [0.15, 0.2) is 18.2 Å². The summed E-state index contributed by atoms with van der Waals surface area (Å²) < 4.78 is 17.7. The summed E-state index contributed by atoms with van der Waals surface area (Å²) in [5.41, 5.74) is 7.44. The lowest BCUT2D eigenvalue weighted by atomic mass is 10.1. The maximum atomic E-state index is 13.1. The third-order valence-electron chi connectivity index (χ3n) is 2.98. The highest BCUT2D eigenvalue weighted by Crippen LogP contribution is 2.13. The van der Waals surface area contributed by atoms with Gasteiger partial charge in [0, 0.05) is 19.5 Å². The number of nitrogens with zero attached hydrogens (tertiary/aromatic N) is 1. The Morgan fingerprint density at radius 1 is 1.42 bits per heavy atom. The maximum absolute atomic E-state index is 13.1. The number of halogens is 1. The SMILES string of the molecule is COC(=O)CCCN(C)Cc1ccc(F)cc1CN. The monoisotopic (exact) mass is 268 g/mol. The van der Waals surface area contributed by atoms with Crippen LogP contribution in [0.5, 0.6) is 0 Å². The van der Waals surface area contributed by atoms with Crippen LogP contribution in [-0.4, -0.2) is 31.6 Å². The second kappa shape index (κ2) is 7.86. The third-order valence-corrected chi connectivity index (χ3v) is 2.98. The van der Waals surface area contributed by atoms with Crippen molar-refractivity contribution in [2.45, 2.75) is 25.9 Å². The largest absolute Gasteiger partial charge is 0.469 e. The molecule has 0 saturated heterocycles. The highest BCUT2D eigenvalue weighted by molar-refractivity contribution is 5.69. The minimum Gasteiger partial charge on any atom is -0.469 e. The molecule has 0 aliphatic carbocycles. The number of esters is 1. The molecule has 0 aromatic heterocycles. The highest BCUT2D eigenvalue weighted by atomic mass is 19.1. The van der Waals surface area contributed by atoms with Crippen LogP contribution in [-0.2, 0) is 22.6 Å². The molecule has 1 rings (SSSR count). The molecule has 19 heavy (non-hydrogen) atoms. The molecular formula is C14H21FN2O2. The van der Waals surface area contributed by atoms with E-state index in [2.05, 4.69) is 9.64 Å². The number of carbonyl (C=O) groups excluding carboxylic acids is 1. The molecule has 0 unspecified atom stereocenters. The standard InChI is InChI=1S/C14H21FN2O2/c1-17(7-3-4-14(18)19-2)10-11-5-6-13(15)8-12(11)9-16/h5-6,8H,3-4,7,9-10,16H2,1-2H3. The summed E-state index contributed by atoms with van der Waals surface area (Å²) in [6, 6.07) is 4.67. The van der Waals surface area contributed by atoms with Crippen LogP contribution < -0.4 is 5.73 Å². The topological polar surface area (TPSA) is 55.6 Å². The van der Waals surface area contributed by atoms with Gasteiger partial charge in [-0.2, -0.15) is 0 Å². The van der Waals surface area contributed by atoms with Gasteiger partial charge in [-0.3, -0.25) is 4.79 Å². The van der Waals surface area contributed by atoms with Gasteiger partial charge in [-0.05, 0) is 43.3 Å². The van der Waals surface area contributed by atoms with E-state index in [0.717, 1.165) is 24.1 Å². The van der Waals surface area contributed by atoms with E-state index in [1.165, 1.54) is 19.2 Å². The number of hydrogen-bond donors (Lipinski definition) is 1. The van der Waals surface area contributed by atoms with E-state index >= 15 is 0 Å². The van der Waals surface area contributed by atoms with E-state index in [1.807, 2.05) is 7.05 Å². The fourth-order valence-corrected chi connectivity index (χ4v) is 1.90. The molecule has 5 heteroatoms. The Labute approximate surface area is 113 Å². The molecule has 0 aliphatic rings. The highest BCUT2D eigenvalue weighted by Gasteiger charge is 2.07. The lowest BCUT2D eigenvalue weighted by Crippen LogP contribution is -2.21. The fourth-order valence-electron chi connectivity index (χ4n) is 1.90. The first-order valence-electron chi connectivity index (χ1n) is 6.29. The van der Waals surface area contributed by atoms with Crippen LogP contribution in [0.1, 0.15) is 24.0 Å².